The van der Waals surface area contributed by atoms with Gasteiger partial charge in [0.15, 0.2) is 0 Å². The smallest absolute Gasteiger partial charge is 0.0334 e. The van der Waals surface area contributed by atoms with E-state index in [-0.39, 0.29) is 0 Å². The van der Waals surface area contributed by atoms with Crippen LogP contribution in [0, 0.1) is 5.92 Å². The predicted octanol–water partition coefficient (Wildman–Crippen LogP) is 4.58. The Morgan fingerprint density at radius 3 is 2.40 bits per heavy atom. The van der Waals surface area contributed by atoms with Crippen LogP contribution in [0.2, 0.25) is 0 Å². The van der Waals surface area contributed by atoms with E-state index in [9.17, 15) is 0 Å². The molecule has 2 atom stereocenters. The van der Waals surface area contributed by atoms with Crippen molar-refractivity contribution in [3.05, 3.63) is 0 Å². The third kappa shape index (κ3) is 5.37. The maximum Gasteiger partial charge on any atom is 0.0334 e. The third-order valence-electron chi connectivity index (χ3n) is 5.28. The van der Waals surface area contributed by atoms with Crippen molar-refractivity contribution in [2.45, 2.75) is 90.5 Å². The molecule has 2 nitrogen and oxygen atoms in total. The first-order valence-corrected chi connectivity index (χ1v) is 9.13. The third-order valence-corrected chi connectivity index (χ3v) is 5.28. The minimum atomic E-state index is 0.315. The van der Waals surface area contributed by atoms with E-state index in [4.69, 9.17) is 5.73 Å². The molecule has 0 heterocycles. The number of likely N-dealkylation sites (N-methyl/N-ethyl adjacent to an activating group) is 1. The van der Waals surface area contributed by atoms with E-state index in [0.717, 1.165) is 12.5 Å². The van der Waals surface area contributed by atoms with Crippen LogP contribution < -0.4 is 5.73 Å². The highest BCUT2D eigenvalue weighted by atomic mass is 15.2. The van der Waals surface area contributed by atoms with Gasteiger partial charge in [0, 0.05) is 12.1 Å². The van der Waals surface area contributed by atoms with E-state index in [1.807, 2.05) is 0 Å². The van der Waals surface area contributed by atoms with Gasteiger partial charge in [-0.25, -0.2) is 0 Å². The van der Waals surface area contributed by atoms with E-state index in [2.05, 4.69) is 25.7 Å². The molecule has 2 unspecified atom stereocenters. The van der Waals surface area contributed by atoms with Gasteiger partial charge in [0.05, 0.1) is 0 Å². The summed E-state index contributed by atoms with van der Waals surface area (Å²) < 4.78 is 0. The normalized spacial score (nSPS) is 27.1. The second-order valence-electron chi connectivity index (χ2n) is 6.98. The Kier molecular flexibility index (Phi) is 8.79. The van der Waals surface area contributed by atoms with Crippen LogP contribution in [0.3, 0.4) is 0 Å². The molecule has 1 fully saturated rings. The Labute approximate surface area is 127 Å². The summed E-state index contributed by atoms with van der Waals surface area (Å²) in [5.41, 5.74) is 6.52. The van der Waals surface area contributed by atoms with Crippen molar-refractivity contribution in [3.8, 4) is 0 Å². The lowest BCUT2D eigenvalue weighted by Crippen LogP contribution is -2.56. The van der Waals surface area contributed by atoms with Crippen LogP contribution in [0.5, 0.6) is 0 Å². The van der Waals surface area contributed by atoms with Gasteiger partial charge in [0.25, 0.3) is 0 Å². The fourth-order valence-corrected chi connectivity index (χ4v) is 4.05. The van der Waals surface area contributed by atoms with Gasteiger partial charge in [0.1, 0.15) is 0 Å². The van der Waals surface area contributed by atoms with Crippen LogP contribution in [-0.4, -0.2) is 30.1 Å². The zero-order chi connectivity index (χ0) is 14.8. The molecular formula is C18H38N2. The molecule has 0 aromatic carbocycles. The van der Waals surface area contributed by atoms with Gasteiger partial charge in [-0.1, -0.05) is 65.7 Å². The monoisotopic (exact) mass is 282 g/mol. The minimum Gasteiger partial charge on any atom is -0.329 e. The predicted molar refractivity (Wildman–Crippen MR) is 90.0 cm³/mol. The molecule has 0 aromatic heterocycles. The Bertz CT molecular complexity index is 242. The Hall–Kier alpha value is -0.0800. The molecule has 1 aliphatic carbocycles. The maximum atomic E-state index is 6.21. The van der Waals surface area contributed by atoms with Crippen LogP contribution in [0.25, 0.3) is 0 Å². The summed E-state index contributed by atoms with van der Waals surface area (Å²) in [7, 11) is 0. The lowest BCUT2D eigenvalue weighted by Gasteiger charge is -2.47. The van der Waals surface area contributed by atoms with E-state index >= 15 is 0 Å². The largest absolute Gasteiger partial charge is 0.329 e. The molecule has 0 radical (unpaired) electrons. The van der Waals surface area contributed by atoms with Gasteiger partial charge in [-0.15, -0.1) is 0 Å². The SMILES string of the molecule is CCCCCCCCN(CC)C1(CN)CCCC(C)C1. The first-order chi connectivity index (χ1) is 9.68. The van der Waals surface area contributed by atoms with Crippen molar-refractivity contribution in [3.63, 3.8) is 0 Å². The quantitative estimate of drug-likeness (QED) is 0.594. The molecule has 2 heteroatoms. The van der Waals surface area contributed by atoms with Gasteiger partial charge in [-0.3, -0.25) is 4.90 Å². The van der Waals surface area contributed by atoms with Crippen molar-refractivity contribution < 1.29 is 0 Å². The Balaban J connectivity index is 2.38. The number of rotatable bonds is 10. The zero-order valence-electron chi connectivity index (χ0n) is 14.3. The molecule has 20 heavy (non-hydrogen) atoms. The minimum absolute atomic E-state index is 0.315. The van der Waals surface area contributed by atoms with Gasteiger partial charge >= 0.3 is 0 Å². The van der Waals surface area contributed by atoms with Crippen molar-refractivity contribution in [2.75, 3.05) is 19.6 Å². The molecular weight excluding hydrogens is 244 g/mol. The zero-order valence-corrected chi connectivity index (χ0v) is 14.3. The molecule has 120 valence electrons. The summed E-state index contributed by atoms with van der Waals surface area (Å²) >= 11 is 0. The molecule has 0 spiro atoms. The number of nitrogens with zero attached hydrogens (tertiary/aromatic N) is 1. The molecule has 1 rings (SSSR count). The van der Waals surface area contributed by atoms with E-state index in [1.54, 1.807) is 0 Å². The van der Waals surface area contributed by atoms with E-state index in [0.29, 0.717) is 5.54 Å². The molecule has 1 aliphatic rings. The summed E-state index contributed by atoms with van der Waals surface area (Å²) in [4.78, 5) is 2.71. The standard InChI is InChI=1S/C18H38N2/c1-4-6-7-8-9-10-14-20(5-2)18(16-19)13-11-12-17(3)15-18/h17H,4-16,19H2,1-3H3. The summed E-state index contributed by atoms with van der Waals surface area (Å²) in [6.07, 6.45) is 13.7. The number of nitrogens with two attached hydrogens (primary N) is 1. The molecule has 0 amide bonds. The maximum absolute atomic E-state index is 6.21. The van der Waals surface area contributed by atoms with Crippen LogP contribution in [0.1, 0.15) is 85.0 Å². The van der Waals surface area contributed by atoms with Crippen LogP contribution >= 0.6 is 0 Å². The molecule has 0 bridgehead atoms. The van der Waals surface area contributed by atoms with E-state index < -0.39 is 0 Å². The summed E-state index contributed by atoms with van der Waals surface area (Å²) in [5.74, 6) is 0.853. The van der Waals surface area contributed by atoms with Gasteiger partial charge in [-0.2, -0.15) is 0 Å². The number of hydrogen-bond acceptors (Lipinski definition) is 2. The van der Waals surface area contributed by atoms with Crippen molar-refractivity contribution in [1.29, 1.82) is 0 Å². The van der Waals surface area contributed by atoms with Crippen LogP contribution in [-0.2, 0) is 0 Å². The van der Waals surface area contributed by atoms with Crippen LogP contribution in [0.4, 0.5) is 0 Å². The molecule has 1 saturated carbocycles. The molecule has 2 N–H and O–H groups in total. The highest BCUT2D eigenvalue weighted by molar-refractivity contribution is 4.95. The van der Waals surface area contributed by atoms with Crippen molar-refractivity contribution >= 4 is 0 Å². The Morgan fingerprint density at radius 1 is 1.10 bits per heavy atom. The molecule has 0 aromatic rings. The Morgan fingerprint density at radius 2 is 1.80 bits per heavy atom. The van der Waals surface area contributed by atoms with Gasteiger partial charge < -0.3 is 5.73 Å². The van der Waals surface area contributed by atoms with Gasteiger partial charge in [-0.05, 0) is 38.3 Å². The van der Waals surface area contributed by atoms with Crippen LogP contribution in [0.15, 0.2) is 0 Å². The summed E-state index contributed by atoms with van der Waals surface area (Å²) in [6.45, 7) is 10.3. The lowest BCUT2D eigenvalue weighted by molar-refractivity contribution is 0.0418. The average molecular weight is 283 g/mol. The van der Waals surface area contributed by atoms with E-state index in [1.165, 1.54) is 77.3 Å². The molecule has 0 saturated heterocycles. The number of hydrogen-bond donors (Lipinski definition) is 1. The fourth-order valence-electron chi connectivity index (χ4n) is 4.05. The summed E-state index contributed by atoms with van der Waals surface area (Å²) in [6, 6.07) is 0. The van der Waals surface area contributed by atoms with Crippen molar-refractivity contribution in [2.24, 2.45) is 11.7 Å². The van der Waals surface area contributed by atoms with Gasteiger partial charge in [0.2, 0.25) is 0 Å². The fraction of sp³-hybridized carbons (Fsp3) is 1.00. The van der Waals surface area contributed by atoms with Crippen molar-refractivity contribution in [1.82, 2.24) is 4.90 Å². The topological polar surface area (TPSA) is 29.3 Å². The summed E-state index contributed by atoms with van der Waals surface area (Å²) in [5, 5.41) is 0. The second-order valence-corrected chi connectivity index (χ2v) is 6.98. The first-order valence-electron chi connectivity index (χ1n) is 9.13. The first kappa shape index (κ1) is 18.0. The number of unbranched alkanes of at least 4 members (excludes halogenated alkanes) is 5. The second kappa shape index (κ2) is 9.78. The highest BCUT2D eigenvalue weighted by Crippen LogP contribution is 2.36. The lowest BCUT2D eigenvalue weighted by atomic mass is 9.75. The highest BCUT2D eigenvalue weighted by Gasteiger charge is 2.37. The molecule has 0 aliphatic heterocycles. The average Bonchev–Trinajstić information content (AvgIpc) is 2.46.